The first-order valence-electron chi connectivity index (χ1n) is 6.84. The number of anilines is 1. The Kier molecular flexibility index (Phi) is 4.17. The second-order valence-electron chi connectivity index (χ2n) is 5.44. The van der Waals surface area contributed by atoms with Gasteiger partial charge >= 0.3 is 0 Å². The molecule has 2 rings (SSSR count). The van der Waals surface area contributed by atoms with Gasteiger partial charge in [0.25, 0.3) is 0 Å². The third-order valence-electron chi connectivity index (χ3n) is 3.94. The standard InChI is InChI=1S/C14H24N4/c1-11(2)17(4)13-6-9-18(10-7-13)14-5-8-15-12(3)16-14/h5,8,11,13H,6-7,9-10H2,1-4H3. The van der Waals surface area contributed by atoms with Gasteiger partial charge in [0.15, 0.2) is 0 Å². The lowest BCUT2D eigenvalue weighted by Gasteiger charge is -2.39. The lowest BCUT2D eigenvalue weighted by molar-refractivity contribution is 0.168. The molecule has 0 bridgehead atoms. The molecule has 1 aliphatic heterocycles. The summed E-state index contributed by atoms with van der Waals surface area (Å²) in [7, 11) is 2.24. The molecule has 0 N–H and O–H groups in total. The van der Waals surface area contributed by atoms with Crippen molar-refractivity contribution in [1.82, 2.24) is 14.9 Å². The molecule has 1 fully saturated rings. The average Bonchev–Trinajstić information content (AvgIpc) is 2.38. The molecule has 4 heteroatoms. The topological polar surface area (TPSA) is 32.3 Å². The van der Waals surface area contributed by atoms with Crippen LogP contribution in [0.1, 0.15) is 32.5 Å². The van der Waals surface area contributed by atoms with Crippen molar-refractivity contribution in [3.63, 3.8) is 0 Å². The first-order chi connectivity index (χ1) is 8.58. The predicted octanol–water partition coefficient (Wildman–Crippen LogP) is 2.09. The Morgan fingerprint density at radius 1 is 1.33 bits per heavy atom. The molecule has 1 aromatic rings. The number of piperidine rings is 1. The number of aryl methyl sites for hydroxylation is 1. The summed E-state index contributed by atoms with van der Waals surface area (Å²) in [6.45, 7) is 8.67. The number of rotatable bonds is 3. The van der Waals surface area contributed by atoms with Crippen LogP contribution in [0.5, 0.6) is 0 Å². The van der Waals surface area contributed by atoms with Crippen LogP contribution in [0.2, 0.25) is 0 Å². The highest BCUT2D eigenvalue weighted by Gasteiger charge is 2.24. The maximum Gasteiger partial charge on any atom is 0.132 e. The van der Waals surface area contributed by atoms with Crippen molar-refractivity contribution in [2.75, 3.05) is 25.0 Å². The van der Waals surface area contributed by atoms with Crippen LogP contribution in [-0.2, 0) is 0 Å². The van der Waals surface area contributed by atoms with Gasteiger partial charge in [0.1, 0.15) is 11.6 Å². The predicted molar refractivity (Wildman–Crippen MR) is 74.9 cm³/mol. The van der Waals surface area contributed by atoms with Crippen molar-refractivity contribution in [3.05, 3.63) is 18.1 Å². The molecular weight excluding hydrogens is 224 g/mol. The van der Waals surface area contributed by atoms with E-state index in [0.29, 0.717) is 12.1 Å². The number of hydrogen-bond donors (Lipinski definition) is 0. The third kappa shape index (κ3) is 2.99. The summed E-state index contributed by atoms with van der Waals surface area (Å²) in [6.07, 6.45) is 4.29. The molecule has 100 valence electrons. The third-order valence-corrected chi connectivity index (χ3v) is 3.94. The molecule has 0 aliphatic carbocycles. The van der Waals surface area contributed by atoms with Crippen molar-refractivity contribution < 1.29 is 0 Å². The Bertz CT molecular complexity index is 383. The van der Waals surface area contributed by atoms with Gasteiger partial charge in [0.2, 0.25) is 0 Å². The van der Waals surface area contributed by atoms with Crippen LogP contribution < -0.4 is 4.90 Å². The van der Waals surface area contributed by atoms with Gasteiger partial charge in [-0.1, -0.05) is 0 Å². The van der Waals surface area contributed by atoms with Crippen molar-refractivity contribution in [3.8, 4) is 0 Å². The molecule has 0 saturated carbocycles. The van der Waals surface area contributed by atoms with E-state index in [1.54, 1.807) is 0 Å². The minimum Gasteiger partial charge on any atom is -0.356 e. The molecule has 0 unspecified atom stereocenters. The van der Waals surface area contributed by atoms with E-state index < -0.39 is 0 Å². The van der Waals surface area contributed by atoms with Crippen molar-refractivity contribution in [2.24, 2.45) is 0 Å². The van der Waals surface area contributed by atoms with Crippen molar-refractivity contribution in [2.45, 2.75) is 45.7 Å². The summed E-state index contributed by atoms with van der Waals surface area (Å²) < 4.78 is 0. The monoisotopic (exact) mass is 248 g/mol. The fourth-order valence-electron chi connectivity index (χ4n) is 2.54. The molecule has 1 aromatic heterocycles. The van der Waals surface area contributed by atoms with Crippen molar-refractivity contribution >= 4 is 5.82 Å². The van der Waals surface area contributed by atoms with Crippen LogP contribution in [-0.4, -0.2) is 47.1 Å². The Morgan fingerprint density at radius 2 is 2.00 bits per heavy atom. The van der Waals surface area contributed by atoms with E-state index in [0.717, 1.165) is 24.7 Å². The van der Waals surface area contributed by atoms with E-state index in [9.17, 15) is 0 Å². The van der Waals surface area contributed by atoms with Gasteiger partial charge in [0, 0.05) is 31.4 Å². The zero-order valence-electron chi connectivity index (χ0n) is 11.9. The summed E-state index contributed by atoms with van der Waals surface area (Å²) in [5, 5.41) is 0. The highest BCUT2D eigenvalue weighted by molar-refractivity contribution is 5.37. The lowest BCUT2D eigenvalue weighted by atomic mass is 10.0. The smallest absolute Gasteiger partial charge is 0.132 e. The second-order valence-corrected chi connectivity index (χ2v) is 5.44. The van der Waals surface area contributed by atoms with Crippen LogP contribution in [0.25, 0.3) is 0 Å². The van der Waals surface area contributed by atoms with E-state index in [1.165, 1.54) is 12.8 Å². The highest BCUT2D eigenvalue weighted by Crippen LogP contribution is 2.21. The Balaban J connectivity index is 1.94. The molecule has 0 radical (unpaired) electrons. The zero-order chi connectivity index (χ0) is 13.1. The first-order valence-corrected chi connectivity index (χ1v) is 6.84. The number of aromatic nitrogens is 2. The molecule has 2 heterocycles. The Morgan fingerprint density at radius 3 is 2.56 bits per heavy atom. The average molecular weight is 248 g/mol. The summed E-state index contributed by atoms with van der Waals surface area (Å²) >= 11 is 0. The van der Waals surface area contributed by atoms with Gasteiger partial charge in [-0.05, 0) is 46.7 Å². The molecular formula is C14H24N4. The minimum absolute atomic E-state index is 0.628. The van der Waals surface area contributed by atoms with E-state index in [1.807, 2.05) is 19.2 Å². The molecule has 4 nitrogen and oxygen atoms in total. The van der Waals surface area contributed by atoms with Crippen molar-refractivity contribution in [1.29, 1.82) is 0 Å². The molecule has 0 spiro atoms. The fourth-order valence-corrected chi connectivity index (χ4v) is 2.54. The van der Waals surface area contributed by atoms with Crippen LogP contribution in [0.4, 0.5) is 5.82 Å². The zero-order valence-corrected chi connectivity index (χ0v) is 11.9. The van der Waals surface area contributed by atoms with Gasteiger partial charge in [-0.3, -0.25) is 0 Å². The Hall–Kier alpha value is -1.16. The molecule has 1 aliphatic rings. The second kappa shape index (κ2) is 5.65. The van der Waals surface area contributed by atoms with E-state index >= 15 is 0 Å². The summed E-state index contributed by atoms with van der Waals surface area (Å²) in [4.78, 5) is 13.5. The van der Waals surface area contributed by atoms with Gasteiger partial charge < -0.3 is 9.80 Å². The van der Waals surface area contributed by atoms with E-state index in [2.05, 4.69) is 40.7 Å². The van der Waals surface area contributed by atoms with Crippen LogP contribution in [0.15, 0.2) is 12.3 Å². The normalized spacial score (nSPS) is 17.8. The highest BCUT2D eigenvalue weighted by atomic mass is 15.2. The van der Waals surface area contributed by atoms with Gasteiger partial charge in [-0.25, -0.2) is 9.97 Å². The van der Waals surface area contributed by atoms with E-state index in [4.69, 9.17) is 0 Å². The first kappa shape index (κ1) is 13.3. The molecule has 0 aromatic carbocycles. The summed E-state index contributed by atoms with van der Waals surface area (Å²) in [5.74, 6) is 1.93. The Labute approximate surface area is 110 Å². The molecule has 1 saturated heterocycles. The van der Waals surface area contributed by atoms with E-state index in [-0.39, 0.29) is 0 Å². The minimum atomic E-state index is 0.628. The lowest BCUT2D eigenvalue weighted by Crippen LogP contribution is -2.46. The van der Waals surface area contributed by atoms with Crippen LogP contribution >= 0.6 is 0 Å². The fraction of sp³-hybridized carbons (Fsp3) is 0.714. The molecule has 18 heavy (non-hydrogen) atoms. The molecule has 0 atom stereocenters. The number of hydrogen-bond acceptors (Lipinski definition) is 4. The summed E-state index contributed by atoms with van der Waals surface area (Å²) in [6, 6.07) is 3.35. The van der Waals surface area contributed by atoms with Crippen LogP contribution in [0.3, 0.4) is 0 Å². The van der Waals surface area contributed by atoms with Gasteiger partial charge in [0.05, 0.1) is 0 Å². The van der Waals surface area contributed by atoms with Gasteiger partial charge in [-0.15, -0.1) is 0 Å². The SMILES string of the molecule is Cc1nccc(N2CCC(N(C)C(C)C)CC2)n1. The quantitative estimate of drug-likeness (QED) is 0.820. The van der Waals surface area contributed by atoms with Crippen LogP contribution in [0, 0.1) is 6.92 Å². The maximum absolute atomic E-state index is 4.50. The number of nitrogens with zero attached hydrogens (tertiary/aromatic N) is 4. The molecule has 0 amide bonds. The maximum atomic E-state index is 4.50. The largest absolute Gasteiger partial charge is 0.356 e. The summed E-state index contributed by atoms with van der Waals surface area (Å²) in [5.41, 5.74) is 0. The van der Waals surface area contributed by atoms with Gasteiger partial charge in [-0.2, -0.15) is 0 Å².